The number of ether oxygens (including phenoxy) is 1. The van der Waals surface area contributed by atoms with Crippen LogP contribution in [0.2, 0.25) is 0 Å². The molecule has 0 amide bonds. The maximum absolute atomic E-state index is 11.4. The number of carbonyl (C=O) groups is 2. The Morgan fingerprint density at radius 1 is 1.50 bits per heavy atom. The minimum Gasteiger partial charge on any atom is -0.448 e. The van der Waals surface area contributed by atoms with Crippen LogP contribution in [0, 0.1) is 12.3 Å². The Morgan fingerprint density at radius 2 is 2.29 bits per heavy atom. The first-order valence-corrected chi connectivity index (χ1v) is 4.59. The summed E-state index contributed by atoms with van der Waals surface area (Å²) in [6, 6.07) is 0. The highest BCUT2D eigenvalue weighted by Crippen LogP contribution is 2.17. The third kappa shape index (κ3) is 3.06. The maximum atomic E-state index is 11.4. The fourth-order valence-electron chi connectivity index (χ4n) is 1.36. The summed E-state index contributed by atoms with van der Waals surface area (Å²) in [7, 11) is 0. The largest absolute Gasteiger partial charge is 0.448 e. The fourth-order valence-corrected chi connectivity index (χ4v) is 1.36. The van der Waals surface area contributed by atoms with Gasteiger partial charge in [-0.25, -0.2) is 4.79 Å². The SMILES string of the molecule is C#CC(=O)OCC(=O)C1=CCCCC1. The van der Waals surface area contributed by atoms with Crippen LogP contribution in [0.4, 0.5) is 0 Å². The number of carbonyl (C=O) groups excluding carboxylic acids is 2. The lowest BCUT2D eigenvalue weighted by Gasteiger charge is -2.10. The van der Waals surface area contributed by atoms with Crippen molar-refractivity contribution < 1.29 is 14.3 Å². The zero-order valence-corrected chi connectivity index (χ0v) is 7.91. The Morgan fingerprint density at radius 3 is 2.86 bits per heavy atom. The average molecular weight is 192 g/mol. The van der Waals surface area contributed by atoms with Gasteiger partial charge in [0, 0.05) is 5.92 Å². The van der Waals surface area contributed by atoms with Gasteiger partial charge < -0.3 is 4.74 Å². The molecule has 1 rings (SSSR count). The molecule has 0 fully saturated rings. The van der Waals surface area contributed by atoms with E-state index < -0.39 is 5.97 Å². The molecule has 0 aliphatic heterocycles. The number of allylic oxidation sites excluding steroid dienone is 1. The van der Waals surface area contributed by atoms with Gasteiger partial charge in [-0.3, -0.25) is 4.79 Å². The Hall–Kier alpha value is -1.56. The van der Waals surface area contributed by atoms with Gasteiger partial charge in [0.2, 0.25) is 0 Å². The first kappa shape index (κ1) is 10.5. The van der Waals surface area contributed by atoms with Crippen molar-refractivity contribution in [2.24, 2.45) is 0 Å². The van der Waals surface area contributed by atoms with Crippen molar-refractivity contribution in [3.05, 3.63) is 11.6 Å². The Balaban J connectivity index is 2.39. The lowest BCUT2D eigenvalue weighted by Crippen LogP contribution is -2.15. The van der Waals surface area contributed by atoms with E-state index in [1.807, 2.05) is 6.08 Å². The molecule has 74 valence electrons. The highest BCUT2D eigenvalue weighted by atomic mass is 16.5. The molecule has 0 atom stereocenters. The molecule has 3 heteroatoms. The molecule has 0 saturated heterocycles. The van der Waals surface area contributed by atoms with Crippen LogP contribution in [-0.2, 0) is 14.3 Å². The standard InChI is InChI=1S/C11H12O3/c1-2-11(13)14-8-10(12)9-6-4-3-5-7-9/h1,6H,3-5,7-8H2. The summed E-state index contributed by atoms with van der Waals surface area (Å²) >= 11 is 0. The van der Waals surface area contributed by atoms with E-state index in [0.717, 1.165) is 31.3 Å². The van der Waals surface area contributed by atoms with Crippen molar-refractivity contribution in [3.63, 3.8) is 0 Å². The van der Waals surface area contributed by atoms with E-state index in [4.69, 9.17) is 6.42 Å². The number of hydrogen-bond donors (Lipinski definition) is 0. The molecule has 3 nitrogen and oxygen atoms in total. The van der Waals surface area contributed by atoms with E-state index in [-0.39, 0.29) is 12.4 Å². The molecular weight excluding hydrogens is 180 g/mol. The van der Waals surface area contributed by atoms with Gasteiger partial charge in [0.05, 0.1) is 0 Å². The zero-order valence-electron chi connectivity index (χ0n) is 7.91. The van der Waals surface area contributed by atoms with Gasteiger partial charge in [0.15, 0.2) is 12.4 Å². The summed E-state index contributed by atoms with van der Waals surface area (Å²) in [6.07, 6.45) is 10.6. The van der Waals surface area contributed by atoms with Gasteiger partial charge in [-0.15, -0.1) is 6.42 Å². The Kier molecular flexibility index (Phi) is 3.93. The Bertz CT molecular complexity index is 307. The molecule has 0 aromatic rings. The quantitative estimate of drug-likeness (QED) is 0.384. The number of rotatable bonds is 3. The van der Waals surface area contributed by atoms with E-state index in [0.29, 0.717) is 0 Å². The van der Waals surface area contributed by atoms with E-state index in [9.17, 15) is 9.59 Å². The van der Waals surface area contributed by atoms with Gasteiger partial charge in [-0.05, 0) is 31.3 Å². The van der Waals surface area contributed by atoms with Gasteiger partial charge >= 0.3 is 5.97 Å². The van der Waals surface area contributed by atoms with Crippen molar-refractivity contribution in [3.8, 4) is 12.3 Å². The van der Waals surface area contributed by atoms with Crippen LogP contribution < -0.4 is 0 Å². The lowest BCUT2D eigenvalue weighted by molar-refractivity contribution is -0.141. The third-order valence-electron chi connectivity index (χ3n) is 2.10. The molecule has 0 heterocycles. The lowest BCUT2D eigenvalue weighted by atomic mass is 9.97. The van der Waals surface area contributed by atoms with Crippen LogP contribution >= 0.6 is 0 Å². The smallest absolute Gasteiger partial charge is 0.384 e. The third-order valence-corrected chi connectivity index (χ3v) is 2.10. The van der Waals surface area contributed by atoms with E-state index >= 15 is 0 Å². The first-order chi connectivity index (χ1) is 6.74. The Labute approximate surface area is 83.1 Å². The predicted octanol–water partition coefficient (Wildman–Crippen LogP) is 1.23. The normalized spacial score (nSPS) is 15.2. The van der Waals surface area contributed by atoms with Crippen molar-refractivity contribution in [2.75, 3.05) is 6.61 Å². The summed E-state index contributed by atoms with van der Waals surface area (Å²) in [5.41, 5.74) is 0.765. The maximum Gasteiger partial charge on any atom is 0.384 e. The van der Waals surface area contributed by atoms with Crippen molar-refractivity contribution in [1.82, 2.24) is 0 Å². The second kappa shape index (κ2) is 5.23. The molecule has 0 aromatic carbocycles. The second-order valence-corrected chi connectivity index (χ2v) is 3.12. The van der Waals surface area contributed by atoms with Gasteiger partial charge in [0.25, 0.3) is 0 Å². The van der Waals surface area contributed by atoms with E-state index in [2.05, 4.69) is 4.74 Å². The molecule has 0 saturated carbocycles. The van der Waals surface area contributed by atoms with Crippen LogP contribution in [0.1, 0.15) is 25.7 Å². The van der Waals surface area contributed by atoms with Crippen LogP contribution in [0.3, 0.4) is 0 Å². The molecule has 0 spiro atoms. The topological polar surface area (TPSA) is 43.4 Å². The van der Waals surface area contributed by atoms with Gasteiger partial charge in [-0.2, -0.15) is 0 Å². The number of Topliss-reactive ketones (excluding diaryl/α,β-unsaturated/α-hetero) is 1. The molecule has 0 radical (unpaired) electrons. The average Bonchev–Trinajstić information content (AvgIpc) is 2.26. The van der Waals surface area contributed by atoms with Crippen LogP contribution in [0.15, 0.2) is 11.6 Å². The molecule has 0 bridgehead atoms. The fraction of sp³-hybridized carbons (Fsp3) is 0.455. The summed E-state index contributed by atoms with van der Waals surface area (Å²) in [5, 5.41) is 0. The molecule has 0 N–H and O–H groups in total. The first-order valence-electron chi connectivity index (χ1n) is 4.59. The van der Waals surface area contributed by atoms with Crippen molar-refractivity contribution in [2.45, 2.75) is 25.7 Å². The summed E-state index contributed by atoms with van der Waals surface area (Å²) in [5.74, 6) is 0.877. The summed E-state index contributed by atoms with van der Waals surface area (Å²) in [6.45, 7) is -0.227. The minimum atomic E-state index is -0.783. The van der Waals surface area contributed by atoms with Crippen molar-refractivity contribution >= 4 is 11.8 Å². The van der Waals surface area contributed by atoms with E-state index in [1.54, 1.807) is 5.92 Å². The molecule has 0 aromatic heterocycles. The number of esters is 1. The molecule has 1 aliphatic carbocycles. The molecule has 0 unspecified atom stereocenters. The van der Waals surface area contributed by atoms with Gasteiger partial charge in [-0.1, -0.05) is 6.08 Å². The molecular formula is C11H12O3. The number of hydrogen-bond acceptors (Lipinski definition) is 3. The predicted molar refractivity (Wildman–Crippen MR) is 51.4 cm³/mol. The molecule has 1 aliphatic rings. The zero-order chi connectivity index (χ0) is 10.4. The van der Waals surface area contributed by atoms with Crippen LogP contribution in [-0.4, -0.2) is 18.4 Å². The molecule has 14 heavy (non-hydrogen) atoms. The van der Waals surface area contributed by atoms with Crippen molar-refractivity contribution in [1.29, 1.82) is 0 Å². The number of ketones is 1. The monoisotopic (exact) mass is 192 g/mol. The second-order valence-electron chi connectivity index (χ2n) is 3.12. The van der Waals surface area contributed by atoms with Crippen LogP contribution in [0.5, 0.6) is 0 Å². The highest BCUT2D eigenvalue weighted by Gasteiger charge is 2.13. The highest BCUT2D eigenvalue weighted by molar-refractivity contribution is 5.98. The summed E-state index contributed by atoms with van der Waals surface area (Å²) in [4.78, 5) is 22.0. The van der Waals surface area contributed by atoms with Crippen LogP contribution in [0.25, 0.3) is 0 Å². The number of terminal acetylenes is 1. The minimum absolute atomic E-state index is 0.131. The van der Waals surface area contributed by atoms with E-state index in [1.165, 1.54) is 0 Å². The van der Waals surface area contributed by atoms with Gasteiger partial charge in [0.1, 0.15) is 0 Å². The summed E-state index contributed by atoms with van der Waals surface area (Å²) < 4.78 is 4.54.